The van der Waals surface area contributed by atoms with Gasteiger partial charge in [0.25, 0.3) is 0 Å². The third-order valence-corrected chi connectivity index (χ3v) is 3.79. The Kier molecular flexibility index (Phi) is 6.09. The summed E-state index contributed by atoms with van der Waals surface area (Å²) in [4.78, 5) is 0. The van der Waals surface area contributed by atoms with Crippen LogP contribution in [0.2, 0.25) is 0 Å². The molecule has 2 atom stereocenters. The van der Waals surface area contributed by atoms with E-state index in [9.17, 15) is 13.2 Å². The van der Waals surface area contributed by atoms with Gasteiger partial charge in [0, 0.05) is 11.8 Å². The number of benzene rings is 1. The summed E-state index contributed by atoms with van der Waals surface area (Å²) < 4.78 is 43.5. The van der Waals surface area contributed by atoms with Gasteiger partial charge < -0.3 is 4.74 Å². The van der Waals surface area contributed by atoms with E-state index in [-0.39, 0.29) is 12.0 Å². The number of hydrogen-bond acceptors (Lipinski definition) is 1. The van der Waals surface area contributed by atoms with Crippen LogP contribution in [0, 0.1) is 5.92 Å². The van der Waals surface area contributed by atoms with E-state index >= 15 is 0 Å². The molecule has 0 aromatic heterocycles. The van der Waals surface area contributed by atoms with Crippen molar-refractivity contribution in [1.82, 2.24) is 0 Å². The summed E-state index contributed by atoms with van der Waals surface area (Å²) in [5, 5.41) is 0. The van der Waals surface area contributed by atoms with Crippen LogP contribution in [0.25, 0.3) is 0 Å². The van der Waals surface area contributed by atoms with Crippen LogP contribution in [-0.2, 0) is 4.74 Å². The molecule has 0 fully saturated rings. The summed E-state index contributed by atoms with van der Waals surface area (Å²) in [6.07, 6.45) is 0.558. The van der Waals surface area contributed by atoms with Crippen molar-refractivity contribution >= 4 is 11.6 Å². The number of allylic oxidation sites excluding steroid dienone is 3. The van der Waals surface area contributed by atoms with Gasteiger partial charge in [0.05, 0.1) is 18.3 Å². The van der Waals surface area contributed by atoms with Gasteiger partial charge in [-0.1, -0.05) is 48.6 Å². The van der Waals surface area contributed by atoms with Gasteiger partial charge in [0.15, 0.2) is 0 Å². The zero-order chi connectivity index (χ0) is 16.0. The van der Waals surface area contributed by atoms with Crippen LogP contribution in [-0.4, -0.2) is 18.7 Å². The van der Waals surface area contributed by atoms with Crippen LogP contribution in [0.4, 0.5) is 13.2 Å². The molecular weight excluding hydrogens is 313 g/mol. The van der Waals surface area contributed by atoms with Crippen molar-refractivity contribution in [2.24, 2.45) is 5.92 Å². The maximum absolute atomic E-state index is 12.5. The van der Waals surface area contributed by atoms with Gasteiger partial charge in [-0.05, 0) is 18.4 Å². The van der Waals surface area contributed by atoms with E-state index in [1.165, 1.54) is 6.08 Å². The lowest BCUT2D eigenvalue weighted by atomic mass is 9.97. The van der Waals surface area contributed by atoms with Crippen molar-refractivity contribution < 1.29 is 17.9 Å². The first-order valence-corrected chi connectivity index (χ1v) is 7.72. The molecular formula is C17H18ClF3O. The highest BCUT2D eigenvalue weighted by atomic mass is 35.5. The van der Waals surface area contributed by atoms with Crippen LogP contribution < -0.4 is 0 Å². The molecule has 1 aromatic rings. The highest BCUT2D eigenvalue weighted by Gasteiger charge is 2.33. The Balaban J connectivity index is 1.90. The summed E-state index contributed by atoms with van der Waals surface area (Å²) in [7, 11) is 0. The molecule has 0 saturated heterocycles. The first kappa shape index (κ1) is 17.1. The fourth-order valence-corrected chi connectivity index (χ4v) is 2.55. The molecule has 0 saturated carbocycles. The number of halogens is 4. The summed E-state index contributed by atoms with van der Waals surface area (Å²) >= 11 is 5.81. The summed E-state index contributed by atoms with van der Waals surface area (Å²) in [6.45, 7) is 0.384. The molecule has 0 amide bonds. The van der Waals surface area contributed by atoms with Crippen LogP contribution in [0.15, 0.2) is 54.1 Å². The minimum Gasteiger partial charge on any atom is -0.373 e. The van der Waals surface area contributed by atoms with Crippen LogP contribution in [0.5, 0.6) is 0 Å². The molecule has 1 aromatic carbocycles. The molecule has 1 aliphatic carbocycles. The van der Waals surface area contributed by atoms with E-state index in [2.05, 4.69) is 0 Å². The topological polar surface area (TPSA) is 9.23 Å². The van der Waals surface area contributed by atoms with Crippen molar-refractivity contribution in [3.8, 4) is 0 Å². The Bertz CT molecular complexity index is 522. The minimum absolute atomic E-state index is 0.0346. The van der Waals surface area contributed by atoms with Gasteiger partial charge in [-0.3, -0.25) is 0 Å². The van der Waals surface area contributed by atoms with E-state index in [4.69, 9.17) is 16.3 Å². The van der Waals surface area contributed by atoms with Crippen molar-refractivity contribution in [2.45, 2.75) is 25.1 Å². The first-order chi connectivity index (χ1) is 10.5. The zero-order valence-electron chi connectivity index (χ0n) is 12.0. The number of hydrogen-bond donors (Lipinski definition) is 0. The predicted octanol–water partition coefficient (Wildman–Crippen LogP) is 5.44. The van der Waals surface area contributed by atoms with Crippen LogP contribution >= 0.6 is 11.6 Å². The first-order valence-electron chi connectivity index (χ1n) is 7.18. The summed E-state index contributed by atoms with van der Waals surface area (Å²) in [5.74, 6) is 0.436. The van der Waals surface area contributed by atoms with Crippen LogP contribution in [0.3, 0.4) is 0 Å². The second-order valence-corrected chi connectivity index (χ2v) is 5.60. The van der Waals surface area contributed by atoms with Gasteiger partial charge in [-0.25, -0.2) is 0 Å². The Morgan fingerprint density at radius 2 is 1.95 bits per heavy atom. The Hall–Kier alpha value is -1.26. The molecule has 0 heterocycles. The molecule has 120 valence electrons. The molecule has 2 rings (SSSR count). The largest absolute Gasteiger partial charge is 0.416 e. The SMILES string of the molecule is FC(F)(F)C1=CCC(CO[C@H](CCCl)c2ccccc2)C=C1. The minimum atomic E-state index is -4.27. The van der Waals surface area contributed by atoms with Crippen molar-refractivity contribution in [1.29, 1.82) is 0 Å². The van der Waals surface area contributed by atoms with Gasteiger partial charge in [-0.2, -0.15) is 13.2 Å². The quantitative estimate of drug-likeness (QED) is 0.631. The van der Waals surface area contributed by atoms with Gasteiger partial charge in [0.2, 0.25) is 0 Å². The van der Waals surface area contributed by atoms with Crippen molar-refractivity contribution in [3.05, 3.63) is 59.7 Å². The van der Waals surface area contributed by atoms with E-state index < -0.39 is 11.7 Å². The molecule has 0 radical (unpaired) electrons. The van der Waals surface area contributed by atoms with Crippen LogP contribution in [0.1, 0.15) is 24.5 Å². The third-order valence-electron chi connectivity index (χ3n) is 3.57. The highest BCUT2D eigenvalue weighted by molar-refractivity contribution is 6.17. The molecule has 0 aliphatic heterocycles. The van der Waals surface area contributed by atoms with Gasteiger partial charge in [0.1, 0.15) is 0 Å². The number of alkyl halides is 4. The molecule has 1 nitrogen and oxygen atoms in total. The van der Waals surface area contributed by atoms with Crippen molar-refractivity contribution in [3.63, 3.8) is 0 Å². The Morgan fingerprint density at radius 1 is 1.23 bits per heavy atom. The number of ether oxygens (including phenoxy) is 1. The van der Waals surface area contributed by atoms with Gasteiger partial charge in [-0.15, -0.1) is 11.6 Å². The monoisotopic (exact) mass is 330 g/mol. The third kappa shape index (κ3) is 4.89. The second kappa shape index (κ2) is 7.84. The molecule has 0 bridgehead atoms. The Labute approximate surface area is 133 Å². The average molecular weight is 331 g/mol. The molecule has 1 aliphatic rings. The maximum atomic E-state index is 12.5. The lowest BCUT2D eigenvalue weighted by Crippen LogP contribution is -2.17. The second-order valence-electron chi connectivity index (χ2n) is 5.22. The highest BCUT2D eigenvalue weighted by Crippen LogP contribution is 2.31. The molecule has 0 spiro atoms. The predicted molar refractivity (Wildman–Crippen MR) is 81.9 cm³/mol. The standard InChI is InChI=1S/C17H18ClF3O/c18-11-10-16(14-4-2-1-3-5-14)22-12-13-6-8-15(9-7-13)17(19,20)21/h1-6,8-9,13,16H,7,10-12H2/t13?,16-/m1/s1. The lowest BCUT2D eigenvalue weighted by Gasteiger charge is -2.22. The van der Waals surface area contributed by atoms with E-state index in [1.807, 2.05) is 30.3 Å². The van der Waals surface area contributed by atoms with Gasteiger partial charge >= 0.3 is 6.18 Å². The maximum Gasteiger partial charge on any atom is 0.416 e. The summed E-state index contributed by atoms with van der Waals surface area (Å²) in [5.41, 5.74) is 0.457. The average Bonchev–Trinajstić information content (AvgIpc) is 2.52. The normalized spacial score (nSPS) is 19.8. The summed E-state index contributed by atoms with van der Waals surface area (Å²) in [6, 6.07) is 9.72. The Morgan fingerprint density at radius 3 is 2.50 bits per heavy atom. The number of rotatable bonds is 6. The zero-order valence-corrected chi connectivity index (χ0v) is 12.8. The lowest BCUT2D eigenvalue weighted by molar-refractivity contribution is -0.0888. The van der Waals surface area contributed by atoms with E-state index in [1.54, 1.807) is 6.08 Å². The van der Waals surface area contributed by atoms with Crippen molar-refractivity contribution in [2.75, 3.05) is 12.5 Å². The van der Waals surface area contributed by atoms with E-state index in [0.29, 0.717) is 25.3 Å². The fourth-order valence-electron chi connectivity index (χ4n) is 2.35. The molecule has 1 unspecified atom stereocenters. The molecule has 22 heavy (non-hydrogen) atoms. The smallest absolute Gasteiger partial charge is 0.373 e. The molecule has 5 heteroatoms. The molecule has 0 N–H and O–H groups in total. The van der Waals surface area contributed by atoms with E-state index in [0.717, 1.165) is 11.6 Å². The fraction of sp³-hybridized carbons (Fsp3) is 0.412.